The van der Waals surface area contributed by atoms with Crippen LogP contribution in [0.25, 0.3) is 0 Å². The number of rotatable bonds is 4. The third-order valence-corrected chi connectivity index (χ3v) is 3.44. The van der Waals surface area contributed by atoms with Crippen LogP contribution in [0.15, 0.2) is 42.5 Å². The molecule has 1 unspecified atom stereocenters. The molecule has 3 rings (SSSR count). The summed E-state index contributed by atoms with van der Waals surface area (Å²) in [6.45, 7) is 0.697. The molecule has 0 saturated heterocycles. The maximum Gasteiger partial charge on any atom is 0.126 e. The molecule has 20 heavy (non-hydrogen) atoms. The smallest absolute Gasteiger partial charge is 0.126 e. The first kappa shape index (κ1) is 12.9. The molecule has 102 valence electrons. The number of para-hydroxylation sites is 1. The van der Waals surface area contributed by atoms with Gasteiger partial charge in [-0.15, -0.1) is 0 Å². The highest BCUT2D eigenvalue weighted by atomic mass is 32.1. The lowest BCUT2D eigenvalue weighted by Gasteiger charge is -2.12. The molecule has 0 spiro atoms. The van der Waals surface area contributed by atoms with E-state index in [9.17, 15) is 0 Å². The molecule has 2 aromatic rings. The largest absolute Gasteiger partial charge is 0.488 e. The van der Waals surface area contributed by atoms with Crippen molar-refractivity contribution in [3.05, 3.63) is 53.7 Å². The highest BCUT2D eigenvalue weighted by molar-refractivity contribution is 7.80. The quantitative estimate of drug-likeness (QED) is 0.843. The molecular weight excluding hydrogens is 270 g/mol. The molecule has 1 aliphatic rings. The molecular formula is C15H15N3OS. The van der Waals surface area contributed by atoms with Gasteiger partial charge in [0.2, 0.25) is 0 Å². The second-order valence-corrected chi connectivity index (χ2v) is 5.14. The van der Waals surface area contributed by atoms with Crippen LogP contribution in [0.2, 0.25) is 0 Å². The molecule has 0 radical (unpaired) electrons. The van der Waals surface area contributed by atoms with Crippen molar-refractivity contribution in [2.24, 2.45) is 5.73 Å². The summed E-state index contributed by atoms with van der Waals surface area (Å²) in [7, 11) is 0. The fraction of sp³-hybridized carbons (Fsp3) is 0.200. The van der Waals surface area contributed by atoms with E-state index >= 15 is 0 Å². The molecule has 4 nitrogen and oxygen atoms in total. The first-order valence-corrected chi connectivity index (χ1v) is 6.88. The number of nitrogens with zero attached hydrogens (tertiary/aromatic N) is 1. The minimum absolute atomic E-state index is 0.127. The number of benzene rings is 1. The molecule has 5 heteroatoms. The van der Waals surface area contributed by atoms with Gasteiger partial charge in [-0.25, -0.2) is 4.98 Å². The third-order valence-electron chi connectivity index (χ3n) is 3.23. The van der Waals surface area contributed by atoms with Crippen LogP contribution in [0, 0.1) is 0 Å². The van der Waals surface area contributed by atoms with E-state index in [1.807, 2.05) is 30.3 Å². The van der Waals surface area contributed by atoms with Gasteiger partial charge in [0, 0.05) is 6.42 Å². The van der Waals surface area contributed by atoms with E-state index in [0.29, 0.717) is 17.2 Å². The SMILES string of the molecule is NC(=S)c1cccc(NCC2Cc3ccccc3O2)n1. The summed E-state index contributed by atoms with van der Waals surface area (Å²) < 4.78 is 5.87. The predicted octanol–water partition coefficient (Wildman–Crippen LogP) is 2.13. The van der Waals surface area contributed by atoms with Crippen LogP contribution < -0.4 is 15.8 Å². The second-order valence-electron chi connectivity index (χ2n) is 4.70. The standard InChI is InChI=1S/C15H15N3OS/c16-15(20)12-5-3-7-14(18-12)17-9-11-8-10-4-1-2-6-13(10)19-11/h1-7,11H,8-9H2,(H2,16,20)(H,17,18). The number of nitrogens with one attached hydrogen (secondary N) is 1. The van der Waals surface area contributed by atoms with Gasteiger partial charge in [0.1, 0.15) is 22.7 Å². The Kier molecular flexibility index (Phi) is 3.52. The van der Waals surface area contributed by atoms with Crippen LogP contribution in [0.4, 0.5) is 5.82 Å². The number of fused-ring (bicyclic) bond motifs is 1. The van der Waals surface area contributed by atoms with E-state index in [2.05, 4.69) is 16.4 Å². The Morgan fingerprint density at radius 3 is 2.95 bits per heavy atom. The molecule has 2 heterocycles. The number of hydrogen-bond acceptors (Lipinski definition) is 4. The van der Waals surface area contributed by atoms with Gasteiger partial charge in [-0.1, -0.05) is 36.5 Å². The van der Waals surface area contributed by atoms with Crippen molar-refractivity contribution in [3.8, 4) is 5.75 Å². The monoisotopic (exact) mass is 285 g/mol. The summed E-state index contributed by atoms with van der Waals surface area (Å²) in [5, 5.41) is 3.27. The number of pyridine rings is 1. The summed E-state index contributed by atoms with van der Waals surface area (Å²) in [6, 6.07) is 13.7. The molecule has 3 N–H and O–H groups in total. The van der Waals surface area contributed by atoms with Crippen LogP contribution in [0.1, 0.15) is 11.3 Å². The van der Waals surface area contributed by atoms with Crippen molar-refractivity contribution >= 4 is 23.0 Å². The van der Waals surface area contributed by atoms with Crippen molar-refractivity contribution in [2.45, 2.75) is 12.5 Å². The van der Waals surface area contributed by atoms with Crippen LogP contribution >= 0.6 is 12.2 Å². The first-order valence-electron chi connectivity index (χ1n) is 6.47. The first-order chi connectivity index (χ1) is 9.72. The Hall–Kier alpha value is -2.14. The highest BCUT2D eigenvalue weighted by Crippen LogP contribution is 2.28. The Bertz CT molecular complexity index is 620. The van der Waals surface area contributed by atoms with Crippen LogP contribution in [0.3, 0.4) is 0 Å². The van der Waals surface area contributed by atoms with Crippen molar-refractivity contribution in [1.82, 2.24) is 4.98 Å². The zero-order chi connectivity index (χ0) is 13.9. The second kappa shape index (κ2) is 5.46. The Morgan fingerprint density at radius 1 is 1.30 bits per heavy atom. The van der Waals surface area contributed by atoms with Gasteiger partial charge in [-0.2, -0.15) is 0 Å². The topological polar surface area (TPSA) is 60.2 Å². The third kappa shape index (κ3) is 2.72. The summed E-state index contributed by atoms with van der Waals surface area (Å²) in [5.41, 5.74) is 7.45. The zero-order valence-corrected chi connectivity index (χ0v) is 11.7. The lowest BCUT2D eigenvalue weighted by atomic mass is 10.1. The molecule has 0 fully saturated rings. The minimum Gasteiger partial charge on any atom is -0.488 e. The van der Waals surface area contributed by atoms with Crippen LogP contribution in [-0.4, -0.2) is 22.6 Å². The fourth-order valence-corrected chi connectivity index (χ4v) is 2.37. The van der Waals surface area contributed by atoms with Crippen molar-refractivity contribution in [3.63, 3.8) is 0 Å². The van der Waals surface area contributed by atoms with Crippen molar-refractivity contribution in [2.75, 3.05) is 11.9 Å². The molecule has 1 aromatic heterocycles. The summed E-state index contributed by atoms with van der Waals surface area (Å²) >= 11 is 4.92. The lowest BCUT2D eigenvalue weighted by Crippen LogP contribution is -2.24. The summed E-state index contributed by atoms with van der Waals surface area (Å²) in [5.74, 6) is 1.74. The number of nitrogens with two attached hydrogens (primary N) is 1. The van der Waals surface area contributed by atoms with Crippen LogP contribution in [-0.2, 0) is 6.42 Å². The predicted molar refractivity (Wildman–Crippen MR) is 83.2 cm³/mol. The summed E-state index contributed by atoms with van der Waals surface area (Å²) in [6.07, 6.45) is 1.04. The highest BCUT2D eigenvalue weighted by Gasteiger charge is 2.21. The van der Waals surface area contributed by atoms with E-state index in [1.165, 1.54) is 5.56 Å². The Labute approximate surface area is 123 Å². The number of hydrogen-bond donors (Lipinski definition) is 2. The molecule has 1 aromatic carbocycles. The van der Waals surface area contributed by atoms with Gasteiger partial charge in [0.25, 0.3) is 0 Å². The van der Waals surface area contributed by atoms with Gasteiger partial charge >= 0.3 is 0 Å². The van der Waals surface area contributed by atoms with Gasteiger partial charge in [-0.3, -0.25) is 0 Å². The fourth-order valence-electron chi connectivity index (χ4n) is 2.26. The Balaban J connectivity index is 1.61. The van der Waals surface area contributed by atoms with E-state index in [0.717, 1.165) is 18.0 Å². The Morgan fingerprint density at radius 2 is 2.15 bits per heavy atom. The maximum absolute atomic E-state index is 5.87. The minimum atomic E-state index is 0.127. The average Bonchev–Trinajstić information content (AvgIpc) is 2.88. The molecule has 1 atom stereocenters. The molecule has 1 aliphatic heterocycles. The molecule has 0 bridgehead atoms. The normalized spacial score (nSPS) is 16.3. The molecule has 0 saturated carbocycles. The zero-order valence-electron chi connectivity index (χ0n) is 10.9. The van der Waals surface area contributed by atoms with E-state index in [1.54, 1.807) is 6.07 Å². The van der Waals surface area contributed by atoms with Gasteiger partial charge in [0.05, 0.1) is 12.2 Å². The number of anilines is 1. The van der Waals surface area contributed by atoms with Crippen molar-refractivity contribution in [1.29, 1.82) is 0 Å². The van der Waals surface area contributed by atoms with Crippen LogP contribution in [0.5, 0.6) is 5.75 Å². The van der Waals surface area contributed by atoms with Crippen molar-refractivity contribution < 1.29 is 4.74 Å². The lowest BCUT2D eigenvalue weighted by molar-refractivity contribution is 0.246. The maximum atomic E-state index is 5.87. The van der Waals surface area contributed by atoms with Gasteiger partial charge < -0.3 is 15.8 Å². The molecule has 0 amide bonds. The molecule has 0 aliphatic carbocycles. The average molecular weight is 285 g/mol. The van der Waals surface area contributed by atoms with E-state index in [-0.39, 0.29) is 6.10 Å². The number of ether oxygens (including phenoxy) is 1. The van der Waals surface area contributed by atoms with E-state index in [4.69, 9.17) is 22.7 Å². The van der Waals surface area contributed by atoms with Gasteiger partial charge in [-0.05, 0) is 23.8 Å². The number of aromatic nitrogens is 1. The van der Waals surface area contributed by atoms with E-state index < -0.39 is 0 Å². The number of thiocarbonyl (C=S) groups is 1. The van der Waals surface area contributed by atoms with Gasteiger partial charge in [0.15, 0.2) is 0 Å². The summed E-state index contributed by atoms with van der Waals surface area (Å²) in [4.78, 5) is 4.65.